The highest BCUT2D eigenvalue weighted by molar-refractivity contribution is 6.31. The lowest BCUT2D eigenvalue weighted by Crippen LogP contribution is -2.47. The van der Waals surface area contributed by atoms with Gasteiger partial charge in [-0.25, -0.2) is 4.99 Å². The molecule has 0 aromatic heterocycles. The number of fused-ring (bicyclic) bond motifs is 4. The van der Waals surface area contributed by atoms with Crippen LogP contribution in [-0.4, -0.2) is 47.9 Å². The van der Waals surface area contributed by atoms with E-state index in [4.69, 9.17) is 16.6 Å². The minimum Gasteiger partial charge on any atom is -0.353 e. The molecule has 4 nitrogen and oxygen atoms in total. The standard InChI is InChI=1S/C19H19ClN4.ClH/c1-23-10-14-9-13(23)11-24(14)19-15-4-2-3-5-16(15)21-17-7-6-12(20)8-18(17)22-19;/h2-8,13-14,21H,9-11H2,1H3;1H. The Morgan fingerprint density at radius 1 is 1.08 bits per heavy atom. The van der Waals surface area contributed by atoms with Gasteiger partial charge in [0.1, 0.15) is 5.84 Å². The fourth-order valence-electron chi connectivity index (χ4n) is 4.15. The molecule has 2 atom stereocenters. The highest BCUT2D eigenvalue weighted by atomic mass is 35.5. The SMILES string of the molecule is CN1CC2CC1CN2C1=Nc2cc(Cl)ccc2Nc2ccccc21.Cl. The van der Waals surface area contributed by atoms with E-state index in [-0.39, 0.29) is 12.4 Å². The maximum atomic E-state index is 6.21. The van der Waals surface area contributed by atoms with Gasteiger partial charge < -0.3 is 10.2 Å². The number of hydrogen-bond acceptors (Lipinski definition) is 4. The fourth-order valence-corrected chi connectivity index (χ4v) is 4.32. The second kappa shape index (κ2) is 6.20. The number of nitrogens with one attached hydrogen (secondary N) is 1. The Morgan fingerprint density at radius 2 is 1.92 bits per heavy atom. The summed E-state index contributed by atoms with van der Waals surface area (Å²) in [6.45, 7) is 2.16. The predicted molar refractivity (Wildman–Crippen MR) is 106 cm³/mol. The zero-order chi connectivity index (χ0) is 16.3. The predicted octanol–water partition coefficient (Wildman–Crippen LogP) is 4.29. The second-order valence-corrected chi connectivity index (χ2v) is 7.34. The van der Waals surface area contributed by atoms with Crippen molar-refractivity contribution in [2.75, 3.05) is 25.5 Å². The minimum absolute atomic E-state index is 0. The van der Waals surface area contributed by atoms with E-state index in [2.05, 4.69) is 46.4 Å². The molecule has 0 saturated carbocycles. The van der Waals surface area contributed by atoms with Crippen LogP contribution in [0.25, 0.3) is 0 Å². The Balaban J connectivity index is 0.00000157. The van der Waals surface area contributed by atoms with Crippen molar-refractivity contribution in [3.8, 4) is 0 Å². The lowest BCUT2D eigenvalue weighted by atomic mass is 10.1. The van der Waals surface area contributed by atoms with E-state index in [9.17, 15) is 0 Å². The highest BCUT2D eigenvalue weighted by Gasteiger charge is 2.43. The highest BCUT2D eigenvalue weighted by Crippen LogP contribution is 2.39. The first-order valence-electron chi connectivity index (χ1n) is 8.40. The average molecular weight is 375 g/mol. The van der Waals surface area contributed by atoms with E-state index in [1.54, 1.807) is 0 Å². The first kappa shape index (κ1) is 16.7. The summed E-state index contributed by atoms with van der Waals surface area (Å²) in [5, 5.41) is 4.24. The van der Waals surface area contributed by atoms with Gasteiger partial charge >= 0.3 is 0 Å². The normalized spacial score (nSPS) is 23.9. The molecule has 2 fully saturated rings. The zero-order valence-corrected chi connectivity index (χ0v) is 15.5. The molecule has 2 saturated heterocycles. The maximum Gasteiger partial charge on any atom is 0.139 e. The summed E-state index contributed by atoms with van der Waals surface area (Å²) in [6.07, 6.45) is 1.23. The number of nitrogens with zero attached hydrogens (tertiary/aromatic N) is 3. The average Bonchev–Trinajstić information content (AvgIpc) is 3.10. The van der Waals surface area contributed by atoms with Crippen LogP contribution >= 0.6 is 24.0 Å². The molecule has 2 aromatic carbocycles. The van der Waals surface area contributed by atoms with Gasteiger partial charge in [0.05, 0.1) is 11.4 Å². The van der Waals surface area contributed by atoms with Gasteiger partial charge in [0.2, 0.25) is 0 Å². The third kappa shape index (κ3) is 2.69. The maximum absolute atomic E-state index is 6.21. The largest absolute Gasteiger partial charge is 0.353 e. The van der Waals surface area contributed by atoms with Crippen LogP contribution in [0.1, 0.15) is 12.0 Å². The summed E-state index contributed by atoms with van der Waals surface area (Å²) in [4.78, 5) is 10.00. The molecule has 0 amide bonds. The van der Waals surface area contributed by atoms with Gasteiger partial charge in [-0.15, -0.1) is 12.4 Å². The van der Waals surface area contributed by atoms with Crippen LogP contribution in [0.15, 0.2) is 47.5 Å². The molecule has 0 radical (unpaired) electrons. The van der Waals surface area contributed by atoms with Gasteiger partial charge in [-0.3, -0.25) is 4.90 Å². The number of benzene rings is 2. The molecule has 2 aromatic rings. The number of amidine groups is 1. The van der Waals surface area contributed by atoms with E-state index in [1.807, 2.05) is 18.2 Å². The molecule has 25 heavy (non-hydrogen) atoms. The number of rotatable bonds is 0. The van der Waals surface area contributed by atoms with Gasteiger partial charge in [0.15, 0.2) is 0 Å². The van der Waals surface area contributed by atoms with E-state index in [0.717, 1.165) is 36.0 Å². The van der Waals surface area contributed by atoms with Gasteiger partial charge in [0, 0.05) is 41.4 Å². The molecule has 0 spiro atoms. The Labute approximate surface area is 158 Å². The molecule has 6 heteroatoms. The second-order valence-electron chi connectivity index (χ2n) is 6.90. The van der Waals surface area contributed by atoms with E-state index in [0.29, 0.717) is 17.1 Å². The Morgan fingerprint density at radius 3 is 2.68 bits per heavy atom. The number of likely N-dealkylation sites (tertiary alicyclic amines) is 2. The van der Waals surface area contributed by atoms with Crippen molar-refractivity contribution in [3.05, 3.63) is 53.1 Å². The molecule has 3 aliphatic rings. The van der Waals surface area contributed by atoms with Crippen molar-refractivity contribution < 1.29 is 0 Å². The smallest absolute Gasteiger partial charge is 0.139 e. The Bertz CT molecular complexity index is 849. The summed E-state index contributed by atoms with van der Waals surface area (Å²) in [5.41, 5.74) is 4.18. The first-order valence-corrected chi connectivity index (χ1v) is 8.78. The first-order chi connectivity index (χ1) is 11.7. The topological polar surface area (TPSA) is 30.9 Å². The molecule has 5 rings (SSSR count). The molecule has 1 N–H and O–H groups in total. The lowest BCUT2D eigenvalue weighted by Gasteiger charge is -2.34. The number of halogens is 2. The van der Waals surface area contributed by atoms with Crippen LogP contribution in [0.5, 0.6) is 0 Å². The minimum atomic E-state index is 0. The molecule has 0 aliphatic carbocycles. The van der Waals surface area contributed by atoms with Crippen molar-refractivity contribution in [1.29, 1.82) is 0 Å². The lowest BCUT2D eigenvalue weighted by molar-refractivity contribution is 0.210. The van der Waals surface area contributed by atoms with Crippen molar-refractivity contribution in [2.24, 2.45) is 4.99 Å². The van der Waals surface area contributed by atoms with Crippen LogP contribution < -0.4 is 5.32 Å². The third-order valence-corrected chi connectivity index (χ3v) is 5.65. The number of hydrogen-bond donors (Lipinski definition) is 1. The summed E-state index contributed by atoms with van der Waals surface area (Å²) in [7, 11) is 2.22. The van der Waals surface area contributed by atoms with Crippen molar-refractivity contribution in [3.63, 3.8) is 0 Å². The van der Waals surface area contributed by atoms with Crippen molar-refractivity contribution >= 4 is 46.9 Å². The fraction of sp³-hybridized carbons (Fsp3) is 0.316. The summed E-state index contributed by atoms with van der Waals surface area (Å²) in [5.74, 6) is 1.07. The van der Waals surface area contributed by atoms with Crippen molar-refractivity contribution in [2.45, 2.75) is 18.5 Å². The number of piperazine rings is 1. The van der Waals surface area contributed by atoms with Crippen LogP contribution in [-0.2, 0) is 0 Å². The van der Waals surface area contributed by atoms with Crippen LogP contribution in [0.2, 0.25) is 5.02 Å². The summed E-state index contributed by atoms with van der Waals surface area (Å²) < 4.78 is 0. The number of anilines is 2. The van der Waals surface area contributed by atoms with Crippen LogP contribution in [0, 0.1) is 0 Å². The molecule has 130 valence electrons. The van der Waals surface area contributed by atoms with E-state index < -0.39 is 0 Å². The van der Waals surface area contributed by atoms with Gasteiger partial charge in [-0.2, -0.15) is 0 Å². The monoisotopic (exact) mass is 374 g/mol. The van der Waals surface area contributed by atoms with Gasteiger partial charge in [-0.05, 0) is 43.8 Å². The summed E-state index contributed by atoms with van der Waals surface area (Å²) in [6, 6.07) is 15.5. The Kier molecular flexibility index (Phi) is 4.14. The van der Waals surface area contributed by atoms with Crippen LogP contribution in [0.3, 0.4) is 0 Å². The summed E-state index contributed by atoms with van der Waals surface area (Å²) >= 11 is 6.21. The number of para-hydroxylation sites is 1. The quantitative estimate of drug-likeness (QED) is 0.746. The molecular formula is C19H20Cl2N4. The molecule has 2 bridgehead atoms. The molecule has 3 aliphatic heterocycles. The van der Waals surface area contributed by atoms with Gasteiger partial charge in [0.25, 0.3) is 0 Å². The molecule has 3 heterocycles. The molecular weight excluding hydrogens is 355 g/mol. The van der Waals surface area contributed by atoms with Crippen molar-refractivity contribution in [1.82, 2.24) is 9.80 Å². The third-order valence-electron chi connectivity index (χ3n) is 5.41. The van der Waals surface area contributed by atoms with Gasteiger partial charge in [-0.1, -0.05) is 23.7 Å². The van der Waals surface area contributed by atoms with E-state index >= 15 is 0 Å². The number of aliphatic imine (C=N–C) groups is 1. The molecule has 2 unspecified atom stereocenters. The zero-order valence-electron chi connectivity index (χ0n) is 13.9. The number of likely N-dealkylation sites (N-methyl/N-ethyl adjacent to an activating group) is 1. The van der Waals surface area contributed by atoms with E-state index in [1.165, 1.54) is 12.0 Å². The Hall–Kier alpha value is -1.75. The van der Waals surface area contributed by atoms with Crippen LogP contribution in [0.4, 0.5) is 17.1 Å².